The van der Waals surface area contributed by atoms with E-state index in [4.69, 9.17) is 18.9 Å². The lowest BCUT2D eigenvalue weighted by Crippen LogP contribution is -2.51. The molecule has 8 nitrogen and oxygen atoms in total. The summed E-state index contributed by atoms with van der Waals surface area (Å²) in [4.78, 5) is 31.2. The summed E-state index contributed by atoms with van der Waals surface area (Å²) in [5.74, 6) is 2.21. The molecule has 8 heteroatoms. The Morgan fingerprint density at radius 2 is 1.58 bits per heavy atom. The number of amides is 2. The first kappa shape index (κ1) is 25.7. The van der Waals surface area contributed by atoms with Crippen LogP contribution >= 0.6 is 0 Å². The highest BCUT2D eigenvalue weighted by Gasteiger charge is 2.43. The molecule has 2 saturated heterocycles. The van der Waals surface area contributed by atoms with Gasteiger partial charge in [-0.05, 0) is 42.9 Å². The molecule has 0 radical (unpaired) electrons. The molecule has 4 rings (SSSR count). The van der Waals surface area contributed by atoms with Gasteiger partial charge in [0.2, 0.25) is 17.6 Å². The molecule has 0 saturated carbocycles. The first-order valence-corrected chi connectivity index (χ1v) is 12.5. The van der Waals surface area contributed by atoms with Crippen LogP contribution in [0.1, 0.15) is 44.2 Å². The second kappa shape index (κ2) is 11.1. The quantitative estimate of drug-likeness (QED) is 0.563. The van der Waals surface area contributed by atoms with Crippen LogP contribution in [0.5, 0.6) is 23.0 Å². The van der Waals surface area contributed by atoms with Gasteiger partial charge < -0.3 is 28.7 Å². The molecule has 0 spiro atoms. The van der Waals surface area contributed by atoms with Crippen molar-refractivity contribution in [1.29, 1.82) is 0 Å². The van der Waals surface area contributed by atoms with Crippen LogP contribution in [0.25, 0.3) is 0 Å². The Labute approximate surface area is 213 Å². The zero-order valence-electron chi connectivity index (χ0n) is 21.8. The van der Waals surface area contributed by atoms with Gasteiger partial charge in [0.1, 0.15) is 5.75 Å². The van der Waals surface area contributed by atoms with Gasteiger partial charge in [0.05, 0.1) is 46.1 Å². The van der Waals surface area contributed by atoms with Crippen molar-refractivity contribution in [1.82, 2.24) is 4.90 Å². The Balaban J connectivity index is 1.82. The number of carbonyl (C=O) groups is 2. The lowest BCUT2D eigenvalue weighted by molar-refractivity contribution is -0.140. The number of carbonyl (C=O) groups excluding carboxylic acids is 2. The van der Waals surface area contributed by atoms with Gasteiger partial charge in [-0.1, -0.05) is 19.1 Å². The van der Waals surface area contributed by atoms with Crippen LogP contribution in [-0.4, -0.2) is 58.2 Å². The number of rotatable bonds is 7. The molecular formula is C28H36N2O6. The van der Waals surface area contributed by atoms with Gasteiger partial charge in [0, 0.05) is 31.6 Å². The zero-order valence-corrected chi connectivity index (χ0v) is 21.8. The van der Waals surface area contributed by atoms with Gasteiger partial charge in [-0.3, -0.25) is 9.59 Å². The summed E-state index contributed by atoms with van der Waals surface area (Å²) in [5, 5.41) is 0. The van der Waals surface area contributed by atoms with Crippen molar-refractivity contribution in [3.05, 3.63) is 42.0 Å². The van der Waals surface area contributed by atoms with Crippen LogP contribution in [0, 0.1) is 11.8 Å². The van der Waals surface area contributed by atoms with Gasteiger partial charge in [-0.25, -0.2) is 0 Å². The SMILES string of the molecule is COc1ccc([C@@H]2[C@H](C(=O)N3CCC[C@@H](C)C3)CCC(=O)N2c2cc(OC)c(OC)c(OC)c2)cc1. The summed E-state index contributed by atoms with van der Waals surface area (Å²) < 4.78 is 22.0. The van der Waals surface area contributed by atoms with Crippen molar-refractivity contribution in [2.24, 2.45) is 11.8 Å². The lowest BCUT2D eigenvalue weighted by Gasteiger charge is -2.43. The number of hydrogen-bond acceptors (Lipinski definition) is 6. The molecule has 2 amide bonds. The second-order valence-electron chi connectivity index (χ2n) is 9.54. The molecule has 2 aliphatic heterocycles. The molecule has 0 unspecified atom stereocenters. The van der Waals surface area contributed by atoms with E-state index in [0.717, 1.165) is 31.5 Å². The van der Waals surface area contributed by atoms with Gasteiger partial charge in [-0.2, -0.15) is 0 Å². The lowest BCUT2D eigenvalue weighted by atomic mass is 9.82. The van der Waals surface area contributed by atoms with Gasteiger partial charge >= 0.3 is 0 Å². The van der Waals surface area contributed by atoms with Crippen LogP contribution in [0.4, 0.5) is 5.69 Å². The Kier molecular flexibility index (Phi) is 7.91. The van der Waals surface area contributed by atoms with Crippen LogP contribution in [0.2, 0.25) is 0 Å². The topological polar surface area (TPSA) is 77.5 Å². The molecule has 0 N–H and O–H groups in total. The average Bonchev–Trinajstić information content (AvgIpc) is 2.91. The van der Waals surface area contributed by atoms with E-state index in [1.807, 2.05) is 29.2 Å². The molecule has 0 aliphatic carbocycles. The summed E-state index contributed by atoms with van der Waals surface area (Å²) in [7, 11) is 6.25. The number of nitrogens with zero attached hydrogens (tertiary/aromatic N) is 2. The summed E-state index contributed by atoms with van der Waals surface area (Å²) >= 11 is 0. The Hall–Kier alpha value is -3.42. The highest BCUT2D eigenvalue weighted by molar-refractivity contribution is 5.98. The minimum absolute atomic E-state index is 0.0545. The Bertz CT molecular complexity index is 1060. The first-order valence-electron chi connectivity index (χ1n) is 12.5. The fraction of sp³-hybridized carbons (Fsp3) is 0.500. The largest absolute Gasteiger partial charge is 0.497 e. The molecule has 2 aromatic rings. The van der Waals surface area contributed by atoms with E-state index >= 15 is 0 Å². The Morgan fingerprint density at radius 1 is 0.917 bits per heavy atom. The maximum Gasteiger partial charge on any atom is 0.228 e. The van der Waals surface area contributed by atoms with Gasteiger partial charge in [-0.15, -0.1) is 0 Å². The normalized spacial score (nSPS) is 22.2. The zero-order chi connectivity index (χ0) is 25.8. The third kappa shape index (κ3) is 4.94. The van der Waals surface area contributed by atoms with E-state index in [-0.39, 0.29) is 24.2 Å². The van der Waals surface area contributed by atoms with Crippen LogP contribution in [-0.2, 0) is 9.59 Å². The summed E-state index contributed by atoms with van der Waals surface area (Å²) in [6.45, 7) is 3.70. The Morgan fingerprint density at radius 3 is 2.14 bits per heavy atom. The highest BCUT2D eigenvalue weighted by atomic mass is 16.5. The molecule has 2 aliphatic rings. The third-order valence-electron chi connectivity index (χ3n) is 7.27. The van der Waals surface area contributed by atoms with E-state index < -0.39 is 6.04 Å². The predicted octanol–water partition coefficient (Wildman–Crippen LogP) is 4.46. The van der Waals surface area contributed by atoms with Crippen molar-refractivity contribution in [2.75, 3.05) is 46.4 Å². The number of ether oxygens (including phenoxy) is 4. The van der Waals surface area contributed by atoms with E-state index in [9.17, 15) is 9.59 Å². The number of likely N-dealkylation sites (tertiary alicyclic amines) is 1. The third-order valence-corrected chi connectivity index (χ3v) is 7.27. The average molecular weight is 497 g/mol. The number of piperidine rings is 2. The van der Waals surface area contributed by atoms with E-state index in [1.54, 1.807) is 45.5 Å². The molecule has 0 aromatic heterocycles. The minimum atomic E-state index is -0.482. The monoisotopic (exact) mass is 496 g/mol. The molecule has 2 fully saturated rings. The minimum Gasteiger partial charge on any atom is -0.497 e. The van der Waals surface area contributed by atoms with E-state index in [2.05, 4.69) is 6.92 Å². The maximum atomic E-state index is 13.9. The maximum absolute atomic E-state index is 13.9. The van der Waals surface area contributed by atoms with Gasteiger partial charge in [0.15, 0.2) is 11.5 Å². The number of methoxy groups -OCH3 is 4. The fourth-order valence-corrected chi connectivity index (χ4v) is 5.47. The predicted molar refractivity (Wildman–Crippen MR) is 137 cm³/mol. The van der Waals surface area contributed by atoms with Crippen molar-refractivity contribution >= 4 is 17.5 Å². The van der Waals surface area contributed by atoms with E-state index in [0.29, 0.717) is 41.0 Å². The van der Waals surface area contributed by atoms with Crippen LogP contribution < -0.4 is 23.8 Å². The smallest absolute Gasteiger partial charge is 0.228 e. The fourth-order valence-electron chi connectivity index (χ4n) is 5.47. The summed E-state index contributed by atoms with van der Waals surface area (Å²) in [5.41, 5.74) is 1.47. The molecule has 194 valence electrons. The summed E-state index contributed by atoms with van der Waals surface area (Å²) in [6, 6.07) is 10.7. The first-order chi connectivity index (χ1) is 17.4. The number of hydrogen-bond donors (Lipinski definition) is 0. The molecule has 36 heavy (non-hydrogen) atoms. The number of anilines is 1. The summed E-state index contributed by atoms with van der Waals surface area (Å²) in [6.07, 6.45) is 2.91. The highest BCUT2D eigenvalue weighted by Crippen LogP contribution is 2.46. The van der Waals surface area contributed by atoms with Gasteiger partial charge in [0.25, 0.3) is 0 Å². The van der Waals surface area contributed by atoms with E-state index in [1.165, 1.54) is 0 Å². The molecule has 2 heterocycles. The van der Waals surface area contributed by atoms with Crippen molar-refractivity contribution in [3.63, 3.8) is 0 Å². The second-order valence-corrected chi connectivity index (χ2v) is 9.54. The van der Waals surface area contributed by atoms with Crippen molar-refractivity contribution in [2.45, 2.75) is 38.6 Å². The van der Waals surface area contributed by atoms with Crippen molar-refractivity contribution in [3.8, 4) is 23.0 Å². The molecular weight excluding hydrogens is 460 g/mol. The number of benzene rings is 2. The molecule has 0 bridgehead atoms. The van der Waals surface area contributed by atoms with Crippen LogP contribution in [0.3, 0.4) is 0 Å². The molecule has 3 atom stereocenters. The standard InChI is InChI=1S/C28H36N2O6/c1-18-7-6-14-29(17-18)28(32)22-12-13-25(31)30(26(22)19-8-10-21(33-2)11-9-19)20-15-23(34-3)27(36-5)24(16-20)35-4/h8-11,15-16,18,22,26H,6-7,12-14,17H2,1-5H3/t18-,22-,26-/m1/s1. The van der Waals surface area contributed by atoms with Crippen molar-refractivity contribution < 1.29 is 28.5 Å². The molecule has 2 aromatic carbocycles. The van der Waals surface area contributed by atoms with Crippen LogP contribution in [0.15, 0.2) is 36.4 Å².